The summed E-state index contributed by atoms with van der Waals surface area (Å²) in [6, 6.07) is 8.60. The highest BCUT2D eigenvalue weighted by Crippen LogP contribution is 2.39. The fourth-order valence-electron chi connectivity index (χ4n) is 4.20. The van der Waals surface area contributed by atoms with Gasteiger partial charge in [-0.3, -0.25) is 0 Å². The molecule has 0 aliphatic heterocycles. The zero-order valence-corrected chi connectivity index (χ0v) is 15.3. The maximum atomic E-state index is 14.3. The molecule has 2 aromatic carbocycles. The van der Waals surface area contributed by atoms with Gasteiger partial charge in [-0.25, -0.2) is 4.39 Å². The molecule has 1 fully saturated rings. The second-order valence-electron chi connectivity index (χ2n) is 7.45. The van der Waals surface area contributed by atoms with Crippen molar-refractivity contribution in [3.63, 3.8) is 0 Å². The number of halogens is 3. The number of unbranched alkanes of at least 4 members (excludes halogenated alkanes) is 2. The van der Waals surface area contributed by atoms with E-state index in [0.29, 0.717) is 11.3 Å². The quantitative estimate of drug-likeness (QED) is 0.464. The van der Waals surface area contributed by atoms with Gasteiger partial charge in [0, 0.05) is 5.39 Å². The third-order valence-corrected chi connectivity index (χ3v) is 5.69. The fraction of sp³-hybridized carbons (Fsp3) is 0.545. The fourth-order valence-corrected chi connectivity index (χ4v) is 4.20. The van der Waals surface area contributed by atoms with Crippen LogP contribution in [0, 0.1) is 11.7 Å². The molecule has 1 aliphatic carbocycles. The number of hydrogen-bond donors (Lipinski definition) is 0. The minimum Gasteiger partial charge on any atom is -0.432 e. The number of benzene rings is 2. The molecule has 4 heteroatoms. The van der Waals surface area contributed by atoms with E-state index >= 15 is 0 Å². The smallest absolute Gasteiger partial charge is 0.387 e. The number of hydrogen-bond acceptors (Lipinski definition) is 1. The van der Waals surface area contributed by atoms with Crippen molar-refractivity contribution in [1.29, 1.82) is 0 Å². The predicted octanol–water partition coefficient (Wildman–Crippen LogP) is 7.43. The third kappa shape index (κ3) is 4.52. The van der Waals surface area contributed by atoms with Crippen LogP contribution >= 0.6 is 0 Å². The zero-order valence-electron chi connectivity index (χ0n) is 15.3. The average molecular weight is 364 g/mol. The SMILES string of the molecule is CCCCCC1CCC(c2ccc3c(F)c(OC(F)F)ccc3c2)CC1. The van der Waals surface area contributed by atoms with Crippen molar-refractivity contribution in [2.24, 2.45) is 5.92 Å². The van der Waals surface area contributed by atoms with Crippen molar-refractivity contribution in [2.75, 3.05) is 0 Å². The molecular formula is C22H27F3O. The van der Waals surface area contributed by atoms with Crippen molar-refractivity contribution in [2.45, 2.75) is 70.8 Å². The summed E-state index contributed by atoms with van der Waals surface area (Å²) in [5.41, 5.74) is 1.23. The Morgan fingerprint density at radius 1 is 1.04 bits per heavy atom. The number of alkyl halides is 2. The lowest BCUT2D eigenvalue weighted by Crippen LogP contribution is -2.13. The minimum atomic E-state index is -3.02. The Morgan fingerprint density at radius 2 is 1.81 bits per heavy atom. The van der Waals surface area contributed by atoms with Gasteiger partial charge in [0.05, 0.1) is 0 Å². The van der Waals surface area contributed by atoms with E-state index in [1.165, 1.54) is 63.0 Å². The zero-order chi connectivity index (χ0) is 18.5. The first-order chi connectivity index (χ1) is 12.6. The Kier molecular flexibility index (Phi) is 6.44. The molecule has 142 valence electrons. The summed E-state index contributed by atoms with van der Waals surface area (Å²) in [6.45, 7) is -0.782. The summed E-state index contributed by atoms with van der Waals surface area (Å²) in [4.78, 5) is 0. The molecule has 1 saturated carbocycles. The van der Waals surface area contributed by atoms with E-state index in [4.69, 9.17) is 0 Å². The summed E-state index contributed by atoms with van der Waals surface area (Å²) >= 11 is 0. The molecule has 0 amide bonds. The van der Waals surface area contributed by atoms with Gasteiger partial charge in [-0.1, -0.05) is 56.9 Å². The van der Waals surface area contributed by atoms with E-state index in [1.54, 1.807) is 12.1 Å². The standard InChI is InChI=1S/C22H27F3O/c1-2-3-4-5-15-6-8-16(9-7-15)17-10-12-19-18(14-17)11-13-20(21(19)23)26-22(24)25/h10-16,22H,2-9H2,1H3. The second-order valence-corrected chi connectivity index (χ2v) is 7.45. The van der Waals surface area contributed by atoms with Gasteiger partial charge in [-0.05, 0) is 54.5 Å². The molecule has 0 spiro atoms. The van der Waals surface area contributed by atoms with E-state index in [0.717, 1.165) is 11.3 Å². The summed E-state index contributed by atoms with van der Waals surface area (Å²) in [5.74, 6) is 0.258. The number of ether oxygens (including phenoxy) is 1. The molecule has 0 unspecified atom stereocenters. The molecule has 0 bridgehead atoms. The summed E-state index contributed by atoms with van der Waals surface area (Å²) in [6.07, 6.45) is 10.2. The molecule has 3 rings (SSSR count). The monoisotopic (exact) mass is 364 g/mol. The maximum absolute atomic E-state index is 14.3. The topological polar surface area (TPSA) is 9.23 Å². The van der Waals surface area contributed by atoms with Crippen LogP contribution in [0.3, 0.4) is 0 Å². The van der Waals surface area contributed by atoms with Crippen LogP contribution < -0.4 is 4.74 Å². The second kappa shape index (κ2) is 8.79. The molecule has 0 radical (unpaired) electrons. The van der Waals surface area contributed by atoms with Crippen molar-refractivity contribution in [3.05, 3.63) is 41.7 Å². The maximum Gasteiger partial charge on any atom is 0.387 e. The van der Waals surface area contributed by atoms with Crippen molar-refractivity contribution < 1.29 is 17.9 Å². The molecule has 26 heavy (non-hydrogen) atoms. The molecule has 0 aromatic heterocycles. The molecule has 0 saturated heterocycles. The first-order valence-corrected chi connectivity index (χ1v) is 9.75. The third-order valence-electron chi connectivity index (χ3n) is 5.69. The Morgan fingerprint density at radius 3 is 2.50 bits per heavy atom. The Labute approximate surface area is 153 Å². The van der Waals surface area contributed by atoms with E-state index in [9.17, 15) is 13.2 Å². The van der Waals surface area contributed by atoms with E-state index < -0.39 is 18.2 Å². The Hall–Kier alpha value is -1.71. The van der Waals surface area contributed by atoms with Crippen molar-refractivity contribution in [1.82, 2.24) is 0 Å². The summed E-state index contributed by atoms with van der Waals surface area (Å²) in [7, 11) is 0. The van der Waals surface area contributed by atoms with Gasteiger partial charge in [0.2, 0.25) is 0 Å². The average Bonchev–Trinajstić information content (AvgIpc) is 2.64. The molecule has 2 aromatic rings. The number of fused-ring (bicyclic) bond motifs is 1. The molecule has 1 nitrogen and oxygen atoms in total. The van der Waals surface area contributed by atoms with Crippen LogP contribution in [-0.4, -0.2) is 6.61 Å². The van der Waals surface area contributed by atoms with Crippen LogP contribution in [0.1, 0.15) is 69.8 Å². The first-order valence-electron chi connectivity index (χ1n) is 9.75. The van der Waals surface area contributed by atoms with E-state index in [2.05, 4.69) is 11.7 Å². The highest BCUT2D eigenvalue weighted by molar-refractivity contribution is 5.85. The van der Waals surface area contributed by atoms with Gasteiger partial charge in [0.15, 0.2) is 11.6 Å². The van der Waals surface area contributed by atoms with Gasteiger partial charge in [0.25, 0.3) is 0 Å². The van der Waals surface area contributed by atoms with E-state index in [-0.39, 0.29) is 0 Å². The van der Waals surface area contributed by atoms with Crippen LogP contribution in [0.5, 0.6) is 5.75 Å². The lowest BCUT2D eigenvalue weighted by Gasteiger charge is -2.29. The largest absolute Gasteiger partial charge is 0.432 e. The van der Waals surface area contributed by atoms with Crippen LogP contribution in [0.4, 0.5) is 13.2 Å². The Bertz CT molecular complexity index is 721. The number of rotatable bonds is 7. The van der Waals surface area contributed by atoms with Crippen LogP contribution in [-0.2, 0) is 0 Å². The van der Waals surface area contributed by atoms with Crippen LogP contribution in [0.25, 0.3) is 10.8 Å². The van der Waals surface area contributed by atoms with Gasteiger partial charge in [-0.15, -0.1) is 0 Å². The molecule has 1 aliphatic rings. The van der Waals surface area contributed by atoms with Gasteiger partial charge < -0.3 is 4.74 Å². The molecule has 0 atom stereocenters. The lowest BCUT2D eigenvalue weighted by atomic mass is 9.77. The normalized spacial score (nSPS) is 20.7. The Balaban J connectivity index is 1.68. The lowest BCUT2D eigenvalue weighted by molar-refractivity contribution is -0.0520. The molecule has 0 N–H and O–H groups in total. The summed E-state index contributed by atoms with van der Waals surface area (Å²) < 4.78 is 43.3. The van der Waals surface area contributed by atoms with Crippen LogP contribution in [0.2, 0.25) is 0 Å². The van der Waals surface area contributed by atoms with Gasteiger partial charge in [0.1, 0.15) is 0 Å². The van der Waals surface area contributed by atoms with Gasteiger partial charge in [-0.2, -0.15) is 8.78 Å². The van der Waals surface area contributed by atoms with Crippen molar-refractivity contribution >= 4 is 10.8 Å². The van der Waals surface area contributed by atoms with E-state index in [1.807, 2.05) is 12.1 Å². The highest BCUT2D eigenvalue weighted by Gasteiger charge is 2.22. The summed E-state index contributed by atoms with van der Waals surface area (Å²) in [5, 5.41) is 1.08. The molecule has 0 heterocycles. The van der Waals surface area contributed by atoms with Crippen molar-refractivity contribution in [3.8, 4) is 5.75 Å². The highest BCUT2D eigenvalue weighted by atomic mass is 19.3. The predicted molar refractivity (Wildman–Crippen MR) is 99.4 cm³/mol. The first kappa shape index (κ1) is 19.1. The minimum absolute atomic E-state index is 0.333. The molecular weight excluding hydrogens is 337 g/mol. The van der Waals surface area contributed by atoms with Crippen LogP contribution in [0.15, 0.2) is 30.3 Å². The van der Waals surface area contributed by atoms with Gasteiger partial charge >= 0.3 is 6.61 Å².